The van der Waals surface area contributed by atoms with Crippen molar-refractivity contribution >= 4 is 27.5 Å². The number of rotatable bonds is 5. The summed E-state index contributed by atoms with van der Waals surface area (Å²) in [5.74, 6) is 0. The molecule has 1 unspecified atom stereocenters. The van der Waals surface area contributed by atoms with Crippen molar-refractivity contribution < 1.29 is 10.2 Å². The minimum Gasteiger partial charge on any atom is -0.394 e. The van der Waals surface area contributed by atoms with E-state index >= 15 is 0 Å². The maximum atomic E-state index is 9.11. The zero-order chi connectivity index (χ0) is 11.3. The molecule has 0 aliphatic carbocycles. The Labute approximate surface area is 102 Å². The molecule has 1 atom stereocenters. The van der Waals surface area contributed by atoms with Crippen LogP contribution in [0, 0.1) is 0 Å². The van der Waals surface area contributed by atoms with Crippen molar-refractivity contribution in [3.63, 3.8) is 0 Å². The SMILES string of the molecule is OCC(O)CNCc1cc(Cl)ccc1Br. The van der Waals surface area contributed by atoms with E-state index in [0.29, 0.717) is 18.1 Å². The summed E-state index contributed by atoms with van der Waals surface area (Å²) in [7, 11) is 0. The Morgan fingerprint density at radius 1 is 1.47 bits per heavy atom. The zero-order valence-electron chi connectivity index (χ0n) is 8.08. The average Bonchev–Trinajstić information content (AvgIpc) is 2.23. The van der Waals surface area contributed by atoms with E-state index in [9.17, 15) is 0 Å². The molecule has 0 amide bonds. The molecule has 0 aromatic heterocycles. The molecule has 0 radical (unpaired) electrons. The first-order chi connectivity index (χ1) is 7.13. The van der Waals surface area contributed by atoms with Crippen LogP contribution in [0.4, 0.5) is 0 Å². The third kappa shape index (κ3) is 4.49. The summed E-state index contributed by atoms with van der Waals surface area (Å²) in [6.07, 6.45) is -0.719. The molecule has 5 heteroatoms. The van der Waals surface area contributed by atoms with Gasteiger partial charge < -0.3 is 15.5 Å². The lowest BCUT2D eigenvalue weighted by molar-refractivity contribution is 0.0942. The quantitative estimate of drug-likeness (QED) is 0.772. The van der Waals surface area contributed by atoms with Gasteiger partial charge in [-0.1, -0.05) is 27.5 Å². The molecule has 0 heterocycles. The van der Waals surface area contributed by atoms with Crippen LogP contribution >= 0.6 is 27.5 Å². The third-order valence-corrected chi connectivity index (χ3v) is 2.92. The van der Waals surface area contributed by atoms with Gasteiger partial charge in [-0.3, -0.25) is 0 Å². The topological polar surface area (TPSA) is 52.5 Å². The van der Waals surface area contributed by atoms with Crippen LogP contribution in [0.25, 0.3) is 0 Å². The van der Waals surface area contributed by atoms with Gasteiger partial charge in [0.2, 0.25) is 0 Å². The molecule has 0 aliphatic heterocycles. The third-order valence-electron chi connectivity index (χ3n) is 1.91. The first-order valence-electron chi connectivity index (χ1n) is 4.57. The van der Waals surface area contributed by atoms with Crippen molar-refractivity contribution in [1.29, 1.82) is 0 Å². The van der Waals surface area contributed by atoms with Crippen molar-refractivity contribution in [1.82, 2.24) is 5.32 Å². The monoisotopic (exact) mass is 293 g/mol. The molecule has 1 aromatic carbocycles. The Kier molecular flexibility index (Phi) is 5.56. The highest BCUT2D eigenvalue weighted by Gasteiger charge is 2.03. The minimum atomic E-state index is -0.719. The number of aliphatic hydroxyl groups is 2. The fourth-order valence-corrected chi connectivity index (χ4v) is 1.70. The maximum absolute atomic E-state index is 9.11. The van der Waals surface area contributed by atoms with E-state index in [0.717, 1.165) is 10.0 Å². The van der Waals surface area contributed by atoms with Gasteiger partial charge in [0.1, 0.15) is 0 Å². The number of hydrogen-bond donors (Lipinski definition) is 3. The van der Waals surface area contributed by atoms with E-state index in [1.807, 2.05) is 12.1 Å². The lowest BCUT2D eigenvalue weighted by Gasteiger charge is -2.10. The predicted molar refractivity (Wildman–Crippen MR) is 64.0 cm³/mol. The lowest BCUT2D eigenvalue weighted by Crippen LogP contribution is -2.29. The van der Waals surface area contributed by atoms with Crippen molar-refractivity contribution in [3.05, 3.63) is 33.3 Å². The van der Waals surface area contributed by atoms with Crippen molar-refractivity contribution in [3.8, 4) is 0 Å². The number of nitrogens with one attached hydrogen (secondary N) is 1. The Morgan fingerprint density at radius 2 is 2.20 bits per heavy atom. The summed E-state index contributed by atoms with van der Waals surface area (Å²) in [5, 5.41) is 21.4. The molecular formula is C10H13BrClNO2. The van der Waals surface area contributed by atoms with Crippen molar-refractivity contribution in [2.24, 2.45) is 0 Å². The minimum absolute atomic E-state index is 0.232. The van der Waals surface area contributed by atoms with Gasteiger partial charge in [0, 0.05) is 22.6 Å². The van der Waals surface area contributed by atoms with E-state index in [1.54, 1.807) is 6.07 Å². The first kappa shape index (κ1) is 12.9. The van der Waals surface area contributed by atoms with Gasteiger partial charge >= 0.3 is 0 Å². The highest BCUT2D eigenvalue weighted by molar-refractivity contribution is 9.10. The van der Waals surface area contributed by atoms with Crippen LogP contribution in [0.5, 0.6) is 0 Å². The molecule has 3 nitrogen and oxygen atoms in total. The molecule has 0 fully saturated rings. The molecule has 15 heavy (non-hydrogen) atoms. The van der Waals surface area contributed by atoms with Crippen LogP contribution < -0.4 is 5.32 Å². The molecule has 0 aliphatic rings. The van der Waals surface area contributed by atoms with Gasteiger partial charge in [0.25, 0.3) is 0 Å². The standard InChI is InChI=1S/C10H13BrClNO2/c11-10-2-1-8(12)3-7(10)4-13-5-9(15)6-14/h1-3,9,13-15H,4-6H2. The largest absolute Gasteiger partial charge is 0.394 e. The van der Waals surface area contributed by atoms with Gasteiger partial charge in [-0.2, -0.15) is 0 Å². The van der Waals surface area contributed by atoms with E-state index < -0.39 is 6.10 Å². The summed E-state index contributed by atoms with van der Waals surface area (Å²) in [4.78, 5) is 0. The number of halogens is 2. The fraction of sp³-hybridized carbons (Fsp3) is 0.400. The predicted octanol–water partition coefficient (Wildman–Crippen LogP) is 1.55. The molecule has 0 spiro atoms. The van der Waals surface area contributed by atoms with Crippen LogP contribution in [-0.2, 0) is 6.54 Å². The molecule has 3 N–H and O–H groups in total. The van der Waals surface area contributed by atoms with E-state index in [2.05, 4.69) is 21.2 Å². The Hall–Kier alpha value is -0.130. The Morgan fingerprint density at radius 3 is 2.87 bits per heavy atom. The lowest BCUT2D eigenvalue weighted by atomic mass is 10.2. The average molecular weight is 295 g/mol. The van der Waals surface area contributed by atoms with Gasteiger partial charge in [0.05, 0.1) is 12.7 Å². The highest BCUT2D eigenvalue weighted by Crippen LogP contribution is 2.20. The van der Waals surface area contributed by atoms with E-state index in [1.165, 1.54) is 0 Å². The normalized spacial score (nSPS) is 12.8. The summed E-state index contributed by atoms with van der Waals surface area (Å²) < 4.78 is 0.970. The summed E-state index contributed by atoms with van der Waals surface area (Å²) in [6, 6.07) is 5.53. The van der Waals surface area contributed by atoms with Crippen molar-refractivity contribution in [2.45, 2.75) is 12.6 Å². The van der Waals surface area contributed by atoms with Crippen LogP contribution in [-0.4, -0.2) is 29.5 Å². The second kappa shape index (κ2) is 6.45. The number of aliphatic hydroxyl groups excluding tert-OH is 2. The van der Waals surface area contributed by atoms with Crippen LogP contribution in [0.3, 0.4) is 0 Å². The smallest absolute Gasteiger partial charge is 0.0895 e. The van der Waals surface area contributed by atoms with Crippen molar-refractivity contribution in [2.75, 3.05) is 13.2 Å². The van der Waals surface area contributed by atoms with Crippen LogP contribution in [0.15, 0.2) is 22.7 Å². The molecule has 0 saturated heterocycles. The second-order valence-electron chi connectivity index (χ2n) is 3.20. The zero-order valence-corrected chi connectivity index (χ0v) is 10.4. The summed E-state index contributed by atoms with van der Waals surface area (Å²) in [5.41, 5.74) is 1.02. The van der Waals surface area contributed by atoms with E-state index in [-0.39, 0.29) is 6.61 Å². The molecular weight excluding hydrogens is 281 g/mol. The fourth-order valence-electron chi connectivity index (χ4n) is 1.12. The van der Waals surface area contributed by atoms with Gasteiger partial charge in [-0.25, -0.2) is 0 Å². The van der Waals surface area contributed by atoms with Crippen LogP contribution in [0.2, 0.25) is 5.02 Å². The Balaban J connectivity index is 2.46. The highest BCUT2D eigenvalue weighted by atomic mass is 79.9. The molecule has 0 saturated carbocycles. The van der Waals surface area contributed by atoms with Crippen LogP contribution in [0.1, 0.15) is 5.56 Å². The van der Waals surface area contributed by atoms with Gasteiger partial charge in [0.15, 0.2) is 0 Å². The maximum Gasteiger partial charge on any atom is 0.0895 e. The first-order valence-corrected chi connectivity index (χ1v) is 5.74. The number of benzene rings is 1. The molecule has 0 bridgehead atoms. The summed E-state index contributed by atoms with van der Waals surface area (Å²) >= 11 is 9.25. The number of hydrogen-bond acceptors (Lipinski definition) is 3. The van der Waals surface area contributed by atoms with Gasteiger partial charge in [-0.15, -0.1) is 0 Å². The Bertz CT molecular complexity index is 322. The molecule has 1 rings (SSSR count). The van der Waals surface area contributed by atoms with Gasteiger partial charge in [-0.05, 0) is 23.8 Å². The van der Waals surface area contributed by atoms with E-state index in [4.69, 9.17) is 21.8 Å². The molecule has 1 aromatic rings. The molecule has 84 valence electrons. The summed E-state index contributed by atoms with van der Waals surface area (Å²) in [6.45, 7) is 0.720. The second-order valence-corrected chi connectivity index (χ2v) is 4.49.